The van der Waals surface area contributed by atoms with E-state index in [1.54, 1.807) is 0 Å². The zero-order valence-corrected chi connectivity index (χ0v) is 8.98. The maximum absolute atomic E-state index is 10.5. The third-order valence-corrected chi connectivity index (χ3v) is 2.39. The van der Waals surface area contributed by atoms with E-state index in [0.29, 0.717) is 0 Å². The fourth-order valence-corrected chi connectivity index (χ4v) is 1.44. The second-order valence-electron chi connectivity index (χ2n) is 3.59. The Bertz CT molecular complexity index is 410. The molecule has 0 heterocycles. The number of nitrogens with zero attached hydrogens (tertiary/aromatic N) is 1. The molecule has 2 unspecified atom stereocenters. The van der Waals surface area contributed by atoms with E-state index < -0.39 is 17.1 Å². The van der Waals surface area contributed by atoms with Crippen LogP contribution in [0.2, 0.25) is 0 Å². The smallest absolute Gasteiger partial charge is 0.271 e. The maximum atomic E-state index is 10.5. The summed E-state index contributed by atoms with van der Waals surface area (Å²) in [6.45, 7) is -0.273. The van der Waals surface area contributed by atoms with Crippen molar-refractivity contribution in [2.75, 3.05) is 12.3 Å². The van der Waals surface area contributed by atoms with Crippen molar-refractivity contribution in [1.82, 2.24) is 0 Å². The molecule has 7 nitrogen and oxygen atoms in total. The fourth-order valence-electron chi connectivity index (χ4n) is 1.44. The third kappa shape index (κ3) is 3.13. The Kier molecular flexibility index (Phi) is 4.38. The van der Waals surface area contributed by atoms with Crippen molar-refractivity contribution in [3.63, 3.8) is 0 Å². The lowest BCUT2D eigenvalue weighted by Gasteiger charge is -2.18. The minimum absolute atomic E-state index is 0.00239. The Morgan fingerprint density at radius 3 is 2.53 bits per heavy atom. The molecule has 5 N–H and O–H groups in total. The van der Waals surface area contributed by atoms with Crippen LogP contribution in [0.4, 0.5) is 11.4 Å². The molecule has 2 atom stereocenters. The van der Waals surface area contributed by atoms with Crippen molar-refractivity contribution in [1.29, 1.82) is 0 Å². The molecule has 1 aromatic carbocycles. The van der Waals surface area contributed by atoms with Crippen LogP contribution in [-0.4, -0.2) is 33.0 Å². The highest BCUT2D eigenvalue weighted by Crippen LogP contribution is 2.27. The maximum Gasteiger partial charge on any atom is 0.271 e. The number of benzene rings is 1. The van der Waals surface area contributed by atoms with Gasteiger partial charge in [0.25, 0.3) is 5.69 Å². The summed E-state index contributed by atoms with van der Waals surface area (Å²) in [6, 6.07) is 3.60. The minimum atomic E-state index is -1.28. The lowest BCUT2D eigenvalue weighted by atomic mass is 10.0. The van der Waals surface area contributed by atoms with Gasteiger partial charge in [-0.05, 0) is 12.5 Å². The molecule has 0 aliphatic heterocycles. The van der Waals surface area contributed by atoms with Crippen molar-refractivity contribution < 1.29 is 20.2 Å². The van der Waals surface area contributed by atoms with Gasteiger partial charge in [-0.15, -0.1) is 0 Å². The first-order valence-electron chi connectivity index (χ1n) is 4.98. The van der Waals surface area contributed by atoms with Crippen molar-refractivity contribution in [3.8, 4) is 0 Å². The normalized spacial score (nSPS) is 14.3. The molecule has 0 spiro atoms. The Labute approximate surface area is 97.3 Å². The van der Waals surface area contributed by atoms with Crippen molar-refractivity contribution in [3.05, 3.63) is 33.9 Å². The van der Waals surface area contributed by atoms with Gasteiger partial charge in [0.15, 0.2) is 0 Å². The van der Waals surface area contributed by atoms with Crippen molar-refractivity contribution >= 4 is 11.4 Å². The lowest BCUT2D eigenvalue weighted by molar-refractivity contribution is -0.384. The number of rotatable bonds is 5. The van der Waals surface area contributed by atoms with E-state index in [1.807, 2.05) is 0 Å². The van der Waals surface area contributed by atoms with Gasteiger partial charge in [0.1, 0.15) is 6.10 Å². The quantitative estimate of drug-likeness (QED) is 0.325. The number of hydrogen-bond acceptors (Lipinski definition) is 6. The summed E-state index contributed by atoms with van der Waals surface area (Å²) in [6.07, 6.45) is -2.44. The fraction of sp³-hybridized carbons (Fsp3) is 0.400. The van der Waals surface area contributed by atoms with E-state index >= 15 is 0 Å². The SMILES string of the molecule is Nc1cc([N+](=O)[O-])ccc1C(O)C(O)CCO. The first-order chi connectivity index (χ1) is 7.97. The van der Waals surface area contributed by atoms with Crippen LogP contribution >= 0.6 is 0 Å². The molecular weight excluding hydrogens is 228 g/mol. The summed E-state index contributed by atoms with van der Waals surface area (Å²) in [4.78, 5) is 9.88. The molecule has 0 radical (unpaired) electrons. The van der Waals surface area contributed by atoms with Gasteiger partial charge in [-0.2, -0.15) is 0 Å². The number of nitro groups is 1. The largest absolute Gasteiger partial charge is 0.398 e. The van der Waals surface area contributed by atoms with Crippen LogP contribution in [0.25, 0.3) is 0 Å². The Morgan fingerprint density at radius 2 is 2.06 bits per heavy atom. The molecule has 0 fully saturated rings. The van der Waals surface area contributed by atoms with Gasteiger partial charge in [-0.25, -0.2) is 0 Å². The highest BCUT2D eigenvalue weighted by atomic mass is 16.6. The van der Waals surface area contributed by atoms with Crippen LogP contribution in [0.5, 0.6) is 0 Å². The molecule has 7 heteroatoms. The average Bonchev–Trinajstić information content (AvgIpc) is 2.28. The Balaban J connectivity index is 2.95. The summed E-state index contributed by atoms with van der Waals surface area (Å²) < 4.78 is 0. The number of anilines is 1. The predicted molar refractivity (Wildman–Crippen MR) is 60.2 cm³/mol. The van der Waals surface area contributed by atoms with Gasteiger partial charge in [-0.3, -0.25) is 10.1 Å². The molecule has 17 heavy (non-hydrogen) atoms. The van der Waals surface area contributed by atoms with E-state index in [1.165, 1.54) is 12.1 Å². The van der Waals surface area contributed by atoms with Crippen LogP contribution in [0.15, 0.2) is 18.2 Å². The summed E-state index contributed by atoms with van der Waals surface area (Å²) >= 11 is 0. The highest BCUT2D eigenvalue weighted by molar-refractivity contribution is 5.55. The second-order valence-corrected chi connectivity index (χ2v) is 3.59. The second kappa shape index (κ2) is 5.58. The molecule has 0 aliphatic carbocycles. The molecule has 0 amide bonds. The van der Waals surface area contributed by atoms with E-state index in [4.69, 9.17) is 10.8 Å². The van der Waals surface area contributed by atoms with E-state index in [-0.39, 0.29) is 30.0 Å². The van der Waals surface area contributed by atoms with E-state index in [9.17, 15) is 20.3 Å². The molecule has 0 aromatic heterocycles. The molecule has 1 aromatic rings. The van der Waals surface area contributed by atoms with Gasteiger partial charge in [-0.1, -0.05) is 0 Å². The Hall–Kier alpha value is -1.70. The van der Waals surface area contributed by atoms with E-state index in [2.05, 4.69) is 0 Å². The van der Waals surface area contributed by atoms with Gasteiger partial charge < -0.3 is 21.1 Å². The molecule has 0 aliphatic rings. The standard InChI is InChI=1S/C10H14N2O5/c11-8-5-6(12(16)17)1-2-7(8)10(15)9(14)3-4-13/h1-2,5,9-10,13-15H,3-4,11H2. The first kappa shape index (κ1) is 13.4. The summed E-state index contributed by atoms with van der Waals surface area (Å²) in [5.41, 5.74) is 5.61. The molecular formula is C10H14N2O5. The summed E-state index contributed by atoms with van der Waals surface area (Å²) in [5.74, 6) is 0. The number of nitro benzene ring substituents is 1. The van der Waals surface area contributed by atoms with Crippen LogP contribution in [0.3, 0.4) is 0 Å². The number of nitrogen functional groups attached to an aromatic ring is 1. The zero-order chi connectivity index (χ0) is 13.0. The van der Waals surface area contributed by atoms with E-state index in [0.717, 1.165) is 6.07 Å². The topological polar surface area (TPSA) is 130 Å². The zero-order valence-electron chi connectivity index (χ0n) is 8.98. The van der Waals surface area contributed by atoms with Gasteiger partial charge in [0.2, 0.25) is 0 Å². The molecule has 0 bridgehead atoms. The first-order valence-corrected chi connectivity index (χ1v) is 4.98. The predicted octanol–water partition coefficient (Wildman–Crippen LogP) is -0.0463. The number of nitrogens with two attached hydrogens (primary N) is 1. The van der Waals surface area contributed by atoms with Crippen molar-refractivity contribution in [2.24, 2.45) is 0 Å². The van der Waals surface area contributed by atoms with Crippen molar-refractivity contribution in [2.45, 2.75) is 18.6 Å². The molecule has 0 saturated carbocycles. The molecule has 94 valence electrons. The minimum Gasteiger partial charge on any atom is -0.398 e. The molecule has 0 saturated heterocycles. The average molecular weight is 242 g/mol. The Morgan fingerprint density at radius 1 is 1.41 bits per heavy atom. The van der Waals surface area contributed by atoms with Crippen LogP contribution < -0.4 is 5.73 Å². The monoisotopic (exact) mass is 242 g/mol. The number of aliphatic hydroxyl groups excluding tert-OH is 3. The number of hydrogen-bond donors (Lipinski definition) is 4. The van der Waals surface area contributed by atoms with Gasteiger partial charge in [0, 0.05) is 30.0 Å². The lowest BCUT2D eigenvalue weighted by Crippen LogP contribution is -2.20. The van der Waals surface area contributed by atoms with Crippen LogP contribution in [0.1, 0.15) is 18.1 Å². The molecule has 1 rings (SSSR count). The van der Waals surface area contributed by atoms with Gasteiger partial charge >= 0.3 is 0 Å². The third-order valence-electron chi connectivity index (χ3n) is 2.39. The summed E-state index contributed by atoms with van der Waals surface area (Å²) in [5, 5.41) is 38.3. The van der Waals surface area contributed by atoms with Gasteiger partial charge in [0.05, 0.1) is 11.0 Å². The number of non-ortho nitro benzene ring substituents is 1. The number of aliphatic hydroxyl groups is 3. The summed E-state index contributed by atoms with van der Waals surface area (Å²) in [7, 11) is 0. The highest BCUT2D eigenvalue weighted by Gasteiger charge is 2.21. The van der Waals surface area contributed by atoms with Crippen LogP contribution in [0, 0.1) is 10.1 Å². The van der Waals surface area contributed by atoms with Crippen LogP contribution in [-0.2, 0) is 0 Å².